The molecule has 102 valence electrons. The first-order valence-electron chi connectivity index (χ1n) is 5.15. The molecular weight excluding hydrogens is 335 g/mol. The van der Waals surface area contributed by atoms with Gasteiger partial charge in [-0.05, 0) is 20.8 Å². The highest BCUT2D eigenvalue weighted by atomic mass is 127. The van der Waals surface area contributed by atoms with Gasteiger partial charge in [-0.25, -0.2) is 0 Å². The van der Waals surface area contributed by atoms with Gasteiger partial charge < -0.3 is 21.5 Å². The maximum atomic E-state index is 11.0. The smallest absolute Gasteiger partial charge is 0.224 e. The highest BCUT2D eigenvalue weighted by Gasteiger charge is 2.24. The van der Waals surface area contributed by atoms with Crippen molar-refractivity contribution in [3.8, 4) is 0 Å². The summed E-state index contributed by atoms with van der Waals surface area (Å²) in [7, 11) is 1.61. The summed E-state index contributed by atoms with van der Waals surface area (Å²) >= 11 is 0. The topological polar surface area (TPSA) is 103 Å². The van der Waals surface area contributed by atoms with Crippen LogP contribution in [0, 0.1) is 5.41 Å². The Labute approximate surface area is 120 Å². The molecule has 17 heavy (non-hydrogen) atoms. The zero-order valence-electron chi connectivity index (χ0n) is 10.8. The number of hydrogen-bond donors (Lipinski definition) is 3. The molecule has 6 nitrogen and oxygen atoms in total. The van der Waals surface area contributed by atoms with Crippen molar-refractivity contribution in [3.05, 3.63) is 0 Å². The van der Waals surface area contributed by atoms with Gasteiger partial charge in [-0.2, -0.15) is 0 Å². The van der Waals surface area contributed by atoms with Crippen LogP contribution in [0.1, 0.15) is 20.8 Å². The number of carbonyl (C=O) groups excluding carboxylic acids is 1. The molecule has 0 aliphatic heterocycles. The zero-order chi connectivity index (χ0) is 12.8. The number of amides is 1. The van der Waals surface area contributed by atoms with Crippen LogP contribution in [0.5, 0.6) is 0 Å². The van der Waals surface area contributed by atoms with Crippen molar-refractivity contribution >= 4 is 35.8 Å². The second-order valence-electron chi connectivity index (χ2n) is 4.45. The summed E-state index contributed by atoms with van der Waals surface area (Å²) in [4.78, 5) is 15.1. The monoisotopic (exact) mass is 358 g/mol. The molecule has 0 saturated carbocycles. The van der Waals surface area contributed by atoms with Crippen molar-refractivity contribution in [1.82, 2.24) is 5.32 Å². The lowest BCUT2D eigenvalue weighted by molar-refractivity contribution is -0.125. The van der Waals surface area contributed by atoms with E-state index in [4.69, 9.17) is 16.2 Å². The number of ether oxygens (including phenoxy) is 1. The summed E-state index contributed by atoms with van der Waals surface area (Å²) in [5, 5.41) is 2.94. The van der Waals surface area contributed by atoms with E-state index in [9.17, 15) is 4.79 Å². The van der Waals surface area contributed by atoms with Crippen LogP contribution in [0.25, 0.3) is 0 Å². The Morgan fingerprint density at radius 2 is 2.00 bits per heavy atom. The van der Waals surface area contributed by atoms with Crippen molar-refractivity contribution in [2.24, 2.45) is 21.9 Å². The predicted octanol–water partition coefficient (Wildman–Crippen LogP) is 0.0551. The van der Waals surface area contributed by atoms with Crippen molar-refractivity contribution < 1.29 is 9.53 Å². The third-order valence-electron chi connectivity index (χ3n) is 2.12. The van der Waals surface area contributed by atoms with Crippen LogP contribution in [0.2, 0.25) is 0 Å². The van der Waals surface area contributed by atoms with E-state index in [-0.39, 0.29) is 36.6 Å². The standard InChI is InChI=1S/C10H22N4O2.HI/c1-7(5-16-4)14-9(12)13-6-10(2,3)8(11)15;/h7H,5-6H2,1-4H3,(H2,11,15)(H3,12,13,14);1H. The van der Waals surface area contributed by atoms with E-state index in [1.54, 1.807) is 21.0 Å². The van der Waals surface area contributed by atoms with E-state index in [0.717, 1.165) is 0 Å². The minimum absolute atomic E-state index is 0. The number of nitrogens with one attached hydrogen (secondary N) is 1. The first-order valence-corrected chi connectivity index (χ1v) is 5.15. The summed E-state index contributed by atoms with van der Waals surface area (Å²) in [6.45, 7) is 6.18. The minimum Gasteiger partial charge on any atom is -0.383 e. The van der Waals surface area contributed by atoms with Gasteiger partial charge in [0.25, 0.3) is 0 Å². The number of hydrogen-bond acceptors (Lipinski definition) is 3. The van der Waals surface area contributed by atoms with Gasteiger partial charge in [-0.3, -0.25) is 9.79 Å². The lowest BCUT2D eigenvalue weighted by Crippen LogP contribution is -2.42. The number of primary amides is 1. The van der Waals surface area contributed by atoms with E-state index in [1.165, 1.54) is 0 Å². The highest BCUT2D eigenvalue weighted by molar-refractivity contribution is 14.0. The van der Waals surface area contributed by atoms with E-state index in [0.29, 0.717) is 12.6 Å². The van der Waals surface area contributed by atoms with Gasteiger partial charge in [0.15, 0.2) is 5.96 Å². The maximum Gasteiger partial charge on any atom is 0.224 e. The molecule has 0 radical (unpaired) electrons. The first kappa shape index (κ1) is 18.8. The number of guanidine groups is 1. The number of rotatable bonds is 6. The summed E-state index contributed by atoms with van der Waals surface area (Å²) in [5.74, 6) is -0.104. The van der Waals surface area contributed by atoms with E-state index < -0.39 is 11.3 Å². The fourth-order valence-electron chi connectivity index (χ4n) is 0.950. The predicted molar refractivity (Wildman–Crippen MR) is 79.4 cm³/mol. The van der Waals surface area contributed by atoms with E-state index >= 15 is 0 Å². The Morgan fingerprint density at radius 1 is 1.47 bits per heavy atom. The molecule has 1 amide bonds. The highest BCUT2D eigenvalue weighted by Crippen LogP contribution is 2.13. The first-order chi connectivity index (χ1) is 7.29. The van der Waals surface area contributed by atoms with Gasteiger partial charge in [-0.1, -0.05) is 0 Å². The van der Waals surface area contributed by atoms with Crippen molar-refractivity contribution in [2.75, 3.05) is 20.3 Å². The van der Waals surface area contributed by atoms with Gasteiger partial charge >= 0.3 is 0 Å². The van der Waals surface area contributed by atoms with Crippen molar-refractivity contribution in [1.29, 1.82) is 0 Å². The summed E-state index contributed by atoms with van der Waals surface area (Å²) in [6, 6.07) is 0.0745. The molecule has 0 rings (SSSR count). The Bertz CT molecular complexity index is 269. The van der Waals surface area contributed by atoms with Gasteiger partial charge in [0.2, 0.25) is 5.91 Å². The van der Waals surface area contributed by atoms with Crippen LogP contribution in [-0.4, -0.2) is 38.2 Å². The molecule has 0 bridgehead atoms. The quantitative estimate of drug-likeness (QED) is 0.355. The molecule has 1 unspecified atom stereocenters. The normalized spacial score (nSPS) is 13.8. The fourth-order valence-corrected chi connectivity index (χ4v) is 0.950. The van der Waals surface area contributed by atoms with Crippen LogP contribution < -0.4 is 16.8 Å². The Kier molecular flexibility index (Phi) is 9.40. The second-order valence-corrected chi connectivity index (χ2v) is 4.45. The molecule has 1 atom stereocenters. The third-order valence-corrected chi connectivity index (χ3v) is 2.12. The van der Waals surface area contributed by atoms with Crippen LogP contribution in [0.4, 0.5) is 0 Å². The van der Waals surface area contributed by atoms with Crippen LogP contribution in [0.15, 0.2) is 4.99 Å². The van der Waals surface area contributed by atoms with Crippen molar-refractivity contribution in [2.45, 2.75) is 26.8 Å². The minimum atomic E-state index is -0.684. The van der Waals surface area contributed by atoms with E-state index in [2.05, 4.69) is 10.3 Å². The summed E-state index contributed by atoms with van der Waals surface area (Å²) < 4.78 is 4.94. The van der Waals surface area contributed by atoms with Gasteiger partial charge in [0.1, 0.15) is 0 Å². The average Bonchev–Trinajstić information content (AvgIpc) is 2.15. The molecule has 0 aromatic heterocycles. The molecule has 0 spiro atoms. The van der Waals surface area contributed by atoms with Gasteiger partial charge in [0, 0.05) is 13.2 Å². The molecule has 0 aliphatic rings. The lowest BCUT2D eigenvalue weighted by Gasteiger charge is -2.18. The average molecular weight is 358 g/mol. The lowest BCUT2D eigenvalue weighted by atomic mass is 9.93. The molecule has 0 heterocycles. The molecule has 0 aliphatic carbocycles. The molecule has 5 N–H and O–H groups in total. The van der Waals surface area contributed by atoms with Crippen LogP contribution in [0.3, 0.4) is 0 Å². The molecule has 7 heteroatoms. The third kappa shape index (κ3) is 8.19. The number of aliphatic imine (C=N–C) groups is 1. The summed E-state index contributed by atoms with van der Waals surface area (Å²) in [6.07, 6.45) is 0. The number of carbonyl (C=O) groups is 1. The van der Waals surface area contributed by atoms with Crippen molar-refractivity contribution in [3.63, 3.8) is 0 Å². The SMILES string of the molecule is COCC(C)NC(N)=NCC(C)(C)C(N)=O.I. The van der Waals surface area contributed by atoms with E-state index in [1.807, 2.05) is 6.92 Å². The zero-order valence-corrected chi connectivity index (χ0v) is 13.1. The molecule has 0 saturated heterocycles. The molecule has 0 fully saturated rings. The molecular formula is C10H23IN4O2. The fraction of sp³-hybridized carbons (Fsp3) is 0.800. The number of nitrogens with two attached hydrogens (primary N) is 2. The molecule has 0 aromatic carbocycles. The Morgan fingerprint density at radius 3 is 2.41 bits per heavy atom. The largest absolute Gasteiger partial charge is 0.383 e. The van der Waals surface area contributed by atoms with Gasteiger partial charge in [0.05, 0.1) is 18.6 Å². The summed E-state index contributed by atoms with van der Waals surface area (Å²) in [5.41, 5.74) is 10.2. The second kappa shape index (κ2) is 8.51. The number of methoxy groups -OCH3 is 1. The number of nitrogens with zero attached hydrogens (tertiary/aromatic N) is 1. The van der Waals surface area contributed by atoms with Gasteiger partial charge in [-0.15, -0.1) is 24.0 Å². The Balaban J connectivity index is 0. The van der Waals surface area contributed by atoms with Crippen LogP contribution in [-0.2, 0) is 9.53 Å². The number of halogens is 1. The maximum absolute atomic E-state index is 11.0. The van der Waals surface area contributed by atoms with Crippen LogP contribution >= 0.6 is 24.0 Å². The Hall–Kier alpha value is -0.570. The molecule has 0 aromatic rings.